The van der Waals surface area contributed by atoms with E-state index in [0.717, 1.165) is 78.0 Å². The SMILES string of the molecule is CN=C(NCCN1CCN(C(C)=O)CC1)NCC1CN(CC(C)C)CCO1.I. The average molecular weight is 510 g/mol. The van der Waals surface area contributed by atoms with Crippen LogP contribution in [-0.4, -0.2) is 112 Å². The molecule has 0 aromatic carbocycles. The molecule has 0 spiro atoms. The summed E-state index contributed by atoms with van der Waals surface area (Å²) in [6, 6.07) is 0. The lowest BCUT2D eigenvalue weighted by Crippen LogP contribution is -2.52. The number of carbonyl (C=O) groups excluding carboxylic acids is 1. The molecule has 0 aromatic heterocycles. The van der Waals surface area contributed by atoms with Gasteiger partial charge in [-0.1, -0.05) is 13.8 Å². The smallest absolute Gasteiger partial charge is 0.219 e. The molecule has 2 saturated heterocycles. The van der Waals surface area contributed by atoms with Crippen LogP contribution in [0.5, 0.6) is 0 Å². The van der Waals surface area contributed by atoms with Crippen molar-refractivity contribution in [1.29, 1.82) is 0 Å². The molecule has 9 heteroatoms. The van der Waals surface area contributed by atoms with E-state index in [-0.39, 0.29) is 36.0 Å². The summed E-state index contributed by atoms with van der Waals surface area (Å²) >= 11 is 0. The third-order valence-electron chi connectivity index (χ3n) is 5.11. The Morgan fingerprint density at radius 2 is 1.86 bits per heavy atom. The summed E-state index contributed by atoms with van der Waals surface area (Å²) in [4.78, 5) is 22.5. The third-order valence-corrected chi connectivity index (χ3v) is 5.11. The first-order chi connectivity index (χ1) is 13.0. The summed E-state index contributed by atoms with van der Waals surface area (Å²) in [6.45, 7) is 16.2. The number of hydrogen-bond donors (Lipinski definition) is 2. The van der Waals surface area contributed by atoms with Gasteiger partial charge < -0.3 is 20.3 Å². The third kappa shape index (κ3) is 9.23. The first-order valence-electron chi connectivity index (χ1n) is 10.2. The minimum atomic E-state index is 0. The van der Waals surface area contributed by atoms with Gasteiger partial charge in [-0.15, -0.1) is 24.0 Å². The molecule has 0 saturated carbocycles. The van der Waals surface area contributed by atoms with E-state index in [1.165, 1.54) is 0 Å². The van der Waals surface area contributed by atoms with Gasteiger partial charge in [0.25, 0.3) is 0 Å². The summed E-state index contributed by atoms with van der Waals surface area (Å²) < 4.78 is 5.89. The predicted octanol–water partition coefficient (Wildman–Crippen LogP) is 0.290. The molecule has 1 amide bonds. The topological polar surface area (TPSA) is 72.4 Å². The molecule has 2 aliphatic heterocycles. The summed E-state index contributed by atoms with van der Waals surface area (Å²) in [5, 5.41) is 6.77. The number of halogens is 1. The molecular weight excluding hydrogens is 471 g/mol. The van der Waals surface area contributed by atoms with Crippen LogP contribution in [0.1, 0.15) is 20.8 Å². The maximum Gasteiger partial charge on any atom is 0.219 e. The van der Waals surface area contributed by atoms with Crippen molar-refractivity contribution in [2.24, 2.45) is 10.9 Å². The zero-order chi connectivity index (χ0) is 19.6. The molecule has 2 rings (SSSR count). The first kappa shape index (κ1) is 25.4. The normalized spacial score (nSPS) is 22.1. The highest BCUT2D eigenvalue weighted by Gasteiger charge is 2.21. The van der Waals surface area contributed by atoms with Crippen LogP contribution in [0.3, 0.4) is 0 Å². The lowest BCUT2D eigenvalue weighted by Gasteiger charge is -2.34. The highest BCUT2D eigenvalue weighted by atomic mass is 127. The minimum absolute atomic E-state index is 0. The molecule has 8 nitrogen and oxygen atoms in total. The molecule has 2 fully saturated rings. The van der Waals surface area contributed by atoms with Crippen LogP contribution in [0.4, 0.5) is 0 Å². The Morgan fingerprint density at radius 1 is 1.14 bits per heavy atom. The molecule has 0 radical (unpaired) electrons. The molecule has 2 N–H and O–H groups in total. The van der Waals surface area contributed by atoms with E-state index in [9.17, 15) is 4.79 Å². The van der Waals surface area contributed by atoms with E-state index in [1.54, 1.807) is 14.0 Å². The molecule has 0 bridgehead atoms. The van der Waals surface area contributed by atoms with Gasteiger partial charge in [0.05, 0.1) is 12.7 Å². The molecule has 1 unspecified atom stereocenters. The van der Waals surface area contributed by atoms with Gasteiger partial charge in [0.2, 0.25) is 5.91 Å². The number of amides is 1. The van der Waals surface area contributed by atoms with Gasteiger partial charge in [0.1, 0.15) is 0 Å². The van der Waals surface area contributed by atoms with Crippen molar-refractivity contribution in [3.63, 3.8) is 0 Å². The maximum atomic E-state index is 11.4. The summed E-state index contributed by atoms with van der Waals surface area (Å²) in [6.07, 6.45) is 0.204. The number of aliphatic imine (C=N–C) groups is 1. The van der Waals surface area contributed by atoms with Crippen molar-refractivity contribution >= 4 is 35.8 Å². The first-order valence-corrected chi connectivity index (χ1v) is 10.2. The van der Waals surface area contributed by atoms with Crippen molar-refractivity contribution in [2.45, 2.75) is 26.9 Å². The van der Waals surface area contributed by atoms with Crippen molar-refractivity contribution in [3.8, 4) is 0 Å². The minimum Gasteiger partial charge on any atom is -0.374 e. The standard InChI is InChI=1S/C19H38N6O2.HI/c1-16(2)14-24-11-12-27-18(15-24)13-22-19(20-4)21-5-6-23-7-9-25(10-8-23)17(3)26;/h16,18H,5-15H2,1-4H3,(H2,20,21,22);1H. The van der Waals surface area contributed by atoms with Crippen LogP contribution in [-0.2, 0) is 9.53 Å². The molecule has 0 aliphatic carbocycles. The number of guanidine groups is 1. The van der Waals surface area contributed by atoms with E-state index in [2.05, 4.69) is 39.3 Å². The fourth-order valence-corrected chi connectivity index (χ4v) is 3.64. The number of hydrogen-bond acceptors (Lipinski definition) is 5. The Bertz CT molecular complexity index is 483. The number of carbonyl (C=O) groups is 1. The second-order valence-electron chi connectivity index (χ2n) is 7.87. The summed E-state index contributed by atoms with van der Waals surface area (Å²) in [5.74, 6) is 1.68. The quantitative estimate of drug-likeness (QED) is 0.292. The number of nitrogens with one attached hydrogen (secondary N) is 2. The largest absolute Gasteiger partial charge is 0.374 e. The van der Waals surface area contributed by atoms with Gasteiger partial charge in [0, 0.05) is 79.4 Å². The maximum absolute atomic E-state index is 11.4. The summed E-state index contributed by atoms with van der Waals surface area (Å²) in [7, 11) is 1.80. The number of nitrogens with zero attached hydrogens (tertiary/aromatic N) is 4. The van der Waals surface area contributed by atoms with Crippen molar-refractivity contribution in [2.75, 3.05) is 79.1 Å². The van der Waals surface area contributed by atoms with Gasteiger partial charge in [-0.25, -0.2) is 0 Å². The zero-order valence-corrected chi connectivity index (χ0v) is 20.3. The van der Waals surface area contributed by atoms with E-state index < -0.39 is 0 Å². The Kier molecular flexibility index (Phi) is 12.3. The number of piperazine rings is 1. The van der Waals surface area contributed by atoms with Crippen LogP contribution < -0.4 is 10.6 Å². The summed E-state index contributed by atoms with van der Waals surface area (Å²) in [5.41, 5.74) is 0. The van der Waals surface area contributed by atoms with Gasteiger partial charge in [0.15, 0.2) is 5.96 Å². The van der Waals surface area contributed by atoms with E-state index in [1.807, 2.05) is 4.90 Å². The molecular formula is C19H39IN6O2. The Balaban J connectivity index is 0.00000392. The number of ether oxygens (including phenoxy) is 1. The Morgan fingerprint density at radius 3 is 2.46 bits per heavy atom. The van der Waals surface area contributed by atoms with Crippen LogP contribution in [0, 0.1) is 5.92 Å². The lowest BCUT2D eigenvalue weighted by atomic mass is 10.2. The second kappa shape index (κ2) is 13.6. The highest BCUT2D eigenvalue weighted by molar-refractivity contribution is 14.0. The van der Waals surface area contributed by atoms with Crippen LogP contribution in [0.2, 0.25) is 0 Å². The second-order valence-corrected chi connectivity index (χ2v) is 7.87. The van der Waals surface area contributed by atoms with Gasteiger partial charge in [-0.2, -0.15) is 0 Å². The van der Waals surface area contributed by atoms with Gasteiger partial charge >= 0.3 is 0 Å². The monoisotopic (exact) mass is 510 g/mol. The number of rotatable bonds is 7. The molecule has 0 aromatic rings. The Labute approximate surface area is 187 Å². The average Bonchev–Trinajstić information content (AvgIpc) is 2.64. The van der Waals surface area contributed by atoms with Crippen LogP contribution in [0.15, 0.2) is 4.99 Å². The van der Waals surface area contributed by atoms with Crippen LogP contribution >= 0.6 is 24.0 Å². The van der Waals surface area contributed by atoms with E-state index in [4.69, 9.17) is 4.74 Å². The van der Waals surface area contributed by atoms with E-state index in [0.29, 0.717) is 5.92 Å². The molecule has 164 valence electrons. The van der Waals surface area contributed by atoms with Gasteiger partial charge in [-0.3, -0.25) is 19.6 Å². The van der Waals surface area contributed by atoms with E-state index >= 15 is 0 Å². The molecule has 1 atom stereocenters. The van der Waals surface area contributed by atoms with Crippen molar-refractivity contribution < 1.29 is 9.53 Å². The highest BCUT2D eigenvalue weighted by Crippen LogP contribution is 2.07. The van der Waals surface area contributed by atoms with Crippen LogP contribution in [0.25, 0.3) is 0 Å². The van der Waals surface area contributed by atoms with Crippen molar-refractivity contribution in [1.82, 2.24) is 25.3 Å². The Hall–Kier alpha value is -0.650. The molecule has 2 heterocycles. The van der Waals surface area contributed by atoms with Gasteiger partial charge in [-0.05, 0) is 5.92 Å². The molecule has 28 heavy (non-hydrogen) atoms. The fourth-order valence-electron chi connectivity index (χ4n) is 3.64. The lowest BCUT2D eigenvalue weighted by molar-refractivity contribution is -0.130. The van der Waals surface area contributed by atoms with Crippen molar-refractivity contribution in [3.05, 3.63) is 0 Å². The predicted molar refractivity (Wildman–Crippen MR) is 124 cm³/mol. The molecule has 2 aliphatic rings. The zero-order valence-electron chi connectivity index (χ0n) is 17.9. The fraction of sp³-hybridized carbons (Fsp3) is 0.895. The number of morpholine rings is 1.